The number of hydrogen-bond acceptors (Lipinski definition) is 5. The molecule has 1 saturated heterocycles. The van der Waals surface area contributed by atoms with Crippen LogP contribution in [0.3, 0.4) is 0 Å². The maximum atomic E-state index is 12.1. The largest absolute Gasteiger partial charge is 0.481 e. The average molecular weight is 327 g/mol. The van der Waals surface area contributed by atoms with Gasteiger partial charge in [-0.3, -0.25) is 4.79 Å². The molecule has 0 aromatic carbocycles. The second-order valence-corrected chi connectivity index (χ2v) is 9.81. The van der Waals surface area contributed by atoms with Gasteiger partial charge in [0.15, 0.2) is 9.84 Å². The van der Waals surface area contributed by atoms with Gasteiger partial charge in [0.25, 0.3) is 0 Å². The van der Waals surface area contributed by atoms with Gasteiger partial charge in [0.2, 0.25) is 10.0 Å². The molecule has 1 rings (SSSR count). The minimum atomic E-state index is -3.53. The Labute approximate surface area is 119 Å². The maximum absolute atomic E-state index is 12.1. The zero-order valence-electron chi connectivity index (χ0n) is 11.6. The van der Waals surface area contributed by atoms with E-state index in [0.29, 0.717) is 19.4 Å². The lowest BCUT2D eigenvalue weighted by Gasteiger charge is -2.31. The van der Waals surface area contributed by atoms with Gasteiger partial charge in [-0.15, -0.1) is 0 Å². The van der Waals surface area contributed by atoms with E-state index < -0.39 is 37.5 Å². The van der Waals surface area contributed by atoms with Crippen LogP contribution in [0, 0.1) is 5.92 Å². The normalized spacial score (nSPS) is 23.4. The second kappa shape index (κ2) is 6.40. The van der Waals surface area contributed by atoms with Crippen molar-refractivity contribution in [1.29, 1.82) is 0 Å². The summed E-state index contributed by atoms with van der Waals surface area (Å²) in [5.41, 5.74) is 0. The van der Waals surface area contributed by atoms with E-state index in [1.54, 1.807) is 0 Å². The van der Waals surface area contributed by atoms with Gasteiger partial charge in [0.1, 0.15) is 0 Å². The molecule has 1 fully saturated rings. The van der Waals surface area contributed by atoms with Crippen LogP contribution in [0.25, 0.3) is 0 Å². The van der Waals surface area contributed by atoms with E-state index >= 15 is 0 Å². The number of nitrogens with zero attached hydrogens (tertiary/aromatic N) is 1. The van der Waals surface area contributed by atoms with Gasteiger partial charge in [-0.25, -0.2) is 21.1 Å². The molecule has 0 saturated carbocycles. The number of sulfonamides is 1. The molecule has 0 amide bonds. The molecule has 0 radical (unpaired) electrons. The van der Waals surface area contributed by atoms with E-state index in [-0.39, 0.29) is 18.2 Å². The third-order valence-electron chi connectivity index (χ3n) is 3.49. The van der Waals surface area contributed by atoms with Gasteiger partial charge in [-0.1, -0.05) is 0 Å². The SMILES string of the molecule is CC(CC(=O)O)S(=O)(=O)CC1CCCN(S(C)(=O)=O)C1. The maximum Gasteiger partial charge on any atom is 0.304 e. The lowest BCUT2D eigenvalue weighted by molar-refractivity contribution is -0.136. The van der Waals surface area contributed by atoms with Gasteiger partial charge in [0.05, 0.1) is 23.7 Å². The summed E-state index contributed by atoms with van der Waals surface area (Å²) in [7, 11) is -6.84. The molecule has 7 nitrogen and oxygen atoms in total. The minimum absolute atomic E-state index is 0.159. The summed E-state index contributed by atoms with van der Waals surface area (Å²) in [4.78, 5) is 10.6. The lowest BCUT2D eigenvalue weighted by atomic mass is 10.0. The van der Waals surface area contributed by atoms with Gasteiger partial charge >= 0.3 is 5.97 Å². The van der Waals surface area contributed by atoms with Crippen LogP contribution in [-0.2, 0) is 24.7 Å². The number of carbonyl (C=O) groups is 1. The van der Waals surface area contributed by atoms with Crippen molar-refractivity contribution < 1.29 is 26.7 Å². The fraction of sp³-hybridized carbons (Fsp3) is 0.909. The molecule has 1 N–H and O–H groups in total. The highest BCUT2D eigenvalue weighted by atomic mass is 32.2. The predicted octanol–water partition coefficient (Wildman–Crippen LogP) is -0.0640. The second-order valence-electron chi connectivity index (χ2n) is 5.37. The molecule has 0 bridgehead atoms. The van der Waals surface area contributed by atoms with E-state index in [1.165, 1.54) is 11.2 Å². The van der Waals surface area contributed by atoms with Crippen molar-refractivity contribution in [3.8, 4) is 0 Å². The molecule has 9 heteroatoms. The first-order valence-electron chi connectivity index (χ1n) is 6.41. The van der Waals surface area contributed by atoms with Gasteiger partial charge in [0, 0.05) is 13.1 Å². The van der Waals surface area contributed by atoms with Crippen molar-refractivity contribution in [2.24, 2.45) is 5.92 Å². The third-order valence-corrected chi connectivity index (χ3v) is 7.09. The Hall–Kier alpha value is -0.670. The van der Waals surface area contributed by atoms with Crippen molar-refractivity contribution >= 4 is 25.8 Å². The number of rotatable bonds is 6. The van der Waals surface area contributed by atoms with Gasteiger partial charge < -0.3 is 5.11 Å². The Morgan fingerprint density at radius 2 is 1.95 bits per heavy atom. The summed E-state index contributed by atoms with van der Waals surface area (Å²) in [6.45, 7) is 1.98. The Morgan fingerprint density at radius 3 is 2.45 bits per heavy atom. The third kappa shape index (κ3) is 5.02. The van der Waals surface area contributed by atoms with Crippen molar-refractivity contribution in [2.45, 2.75) is 31.4 Å². The molecule has 0 aliphatic carbocycles. The summed E-state index contributed by atoms with van der Waals surface area (Å²) in [5, 5.41) is 7.70. The first kappa shape index (κ1) is 17.4. The number of aliphatic carboxylic acids is 1. The summed E-state index contributed by atoms with van der Waals surface area (Å²) in [6, 6.07) is 0. The van der Waals surface area contributed by atoms with Crippen LogP contribution in [0.4, 0.5) is 0 Å². The van der Waals surface area contributed by atoms with Crippen LogP contribution in [0.5, 0.6) is 0 Å². The van der Waals surface area contributed by atoms with Crippen molar-refractivity contribution in [3.05, 3.63) is 0 Å². The Kier molecular flexibility index (Phi) is 5.56. The van der Waals surface area contributed by atoms with Crippen LogP contribution in [0.2, 0.25) is 0 Å². The van der Waals surface area contributed by atoms with Crippen molar-refractivity contribution in [2.75, 3.05) is 25.1 Å². The average Bonchev–Trinajstić information content (AvgIpc) is 2.26. The molecule has 118 valence electrons. The summed E-state index contributed by atoms with van der Waals surface area (Å²) in [5.74, 6) is -1.57. The molecule has 2 unspecified atom stereocenters. The first-order chi connectivity index (χ1) is 9.02. The zero-order valence-corrected chi connectivity index (χ0v) is 13.3. The van der Waals surface area contributed by atoms with Crippen LogP contribution in [-0.4, -0.2) is 62.6 Å². The van der Waals surface area contributed by atoms with E-state index in [2.05, 4.69) is 0 Å². The zero-order chi connectivity index (χ0) is 15.6. The molecule has 1 aliphatic rings. The quantitative estimate of drug-likeness (QED) is 0.732. The monoisotopic (exact) mass is 327 g/mol. The van der Waals surface area contributed by atoms with Crippen LogP contribution < -0.4 is 0 Å². The number of sulfone groups is 1. The summed E-state index contributed by atoms with van der Waals surface area (Å²) >= 11 is 0. The number of piperidine rings is 1. The highest BCUT2D eigenvalue weighted by Crippen LogP contribution is 2.22. The fourth-order valence-corrected chi connectivity index (χ4v) is 4.93. The standard InChI is InChI=1S/C11H21NO6S2/c1-9(6-11(13)14)20(17,18)8-10-4-3-5-12(7-10)19(2,15)16/h9-10H,3-8H2,1-2H3,(H,13,14). The van der Waals surface area contributed by atoms with E-state index in [0.717, 1.165) is 6.26 Å². The number of carboxylic acid groups (broad SMARTS) is 1. The molecule has 0 aromatic rings. The molecule has 1 aliphatic heterocycles. The van der Waals surface area contributed by atoms with E-state index in [4.69, 9.17) is 5.11 Å². The van der Waals surface area contributed by atoms with Crippen LogP contribution >= 0.6 is 0 Å². The van der Waals surface area contributed by atoms with Crippen molar-refractivity contribution in [1.82, 2.24) is 4.31 Å². The number of carboxylic acids is 1. The first-order valence-corrected chi connectivity index (χ1v) is 9.97. The molecule has 1 heterocycles. The Balaban J connectivity index is 2.70. The van der Waals surface area contributed by atoms with E-state index in [9.17, 15) is 21.6 Å². The minimum Gasteiger partial charge on any atom is -0.481 e. The summed E-state index contributed by atoms with van der Waals surface area (Å²) in [6.07, 6.45) is 1.95. The van der Waals surface area contributed by atoms with Gasteiger partial charge in [-0.2, -0.15) is 0 Å². The van der Waals surface area contributed by atoms with Crippen LogP contribution in [0.15, 0.2) is 0 Å². The molecular formula is C11H21NO6S2. The lowest BCUT2D eigenvalue weighted by Crippen LogP contribution is -2.42. The Bertz CT molecular complexity index is 553. The molecule has 0 aromatic heterocycles. The van der Waals surface area contributed by atoms with Crippen molar-refractivity contribution in [3.63, 3.8) is 0 Å². The molecule has 2 atom stereocenters. The smallest absolute Gasteiger partial charge is 0.304 e. The molecular weight excluding hydrogens is 306 g/mol. The molecule has 0 spiro atoms. The topological polar surface area (TPSA) is 109 Å². The fourth-order valence-electron chi connectivity index (χ4n) is 2.33. The molecule has 20 heavy (non-hydrogen) atoms. The highest BCUT2D eigenvalue weighted by Gasteiger charge is 2.32. The highest BCUT2D eigenvalue weighted by molar-refractivity contribution is 7.92. The van der Waals surface area contributed by atoms with Crippen LogP contribution in [0.1, 0.15) is 26.2 Å². The predicted molar refractivity (Wildman–Crippen MR) is 74.6 cm³/mol. The summed E-state index contributed by atoms with van der Waals surface area (Å²) < 4.78 is 48.4. The number of hydrogen-bond donors (Lipinski definition) is 1. The van der Waals surface area contributed by atoms with Gasteiger partial charge in [-0.05, 0) is 25.7 Å². The Morgan fingerprint density at radius 1 is 1.35 bits per heavy atom. The van der Waals surface area contributed by atoms with E-state index in [1.807, 2.05) is 0 Å².